The summed E-state index contributed by atoms with van der Waals surface area (Å²) in [5, 5.41) is 13.9. The molecular weight excluding hydrogens is 378 g/mol. The second-order valence-electron chi connectivity index (χ2n) is 6.39. The van der Waals surface area contributed by atoms with Gasteiger partial charge in [0.05, 0.1) is 13.2 Å². The van der Waals surface area contributed by atoms with Gasteiger partial charge in [-0.05, 0) is 41.7 Å². The van der Waals surface area contributed by atoms with Crippen molar-refractivity contribution in [2.75, 3.05) is 32.8 Å². The topological polar surface area (TPSA) is 32.7 Å². The molecule has 0 spiro atoms. The zero-order chi connectivity index (χ0) is 18.4. The molecule has 0 aliphatic rings. The van der Waals surface area contributed by atoms with Gasteiger partial charge < -0.3 is 14.7 Å². The minimum absolute atomic E-state index is 0. The standard InChI is InChI=1S/C22H27NO2S.ClH/c1-3-23(4-2)12-13-25-15-21(24)18-10-11-22-19(14-18)20(16-26-22)17-8-6-5-7-9-17;/h5-11,14,16,21,24H,3-4,12-13,15H2,1-2H3;1H. The lowest BCUT2D eigenvalue weighted by molar-refractivity contribution is 0.0274. The van der Waals surface area contributed by atoms with E-state index in [1.807, 2.05) is 12.1 Å². The fraction of sp³-hybridized carbons (Fsp3) is 0.364. The summed E-state index contributed by atoms with van der Waals surface area (Å²) in [7, 11) is 0. The van der Waals surface area contributed by atoms with E-state index in [0.717, 1.165) is 25.2 Å². The van der Waals surface area contributed by atoms with Crippen LogP contribution in [0.1, 0.15) is 25.5 Å². The normalized spacial score (nSPS) is 12.3. The molecule has 1 heterocycles. The highest BCUT2D eigenvalue weighted by Crippen LogP contribution is 2.35. The van der Waals surface area contributed by atoms with E-state index >= 15 is 0 Å². The van der Waals surface area contributed by atoms with Gasteiger partial charge in [-0.25, -0.2) is 0 Å². The number of halogens is 1. The second kappa shape index (κ2) is 10.8. The van der Waals surface area contributed by atoms with Crippen molar-refractivity contribution in [3.63, 3.8) is 0 Å². The molecule has 2 aromatic carbocycles. The quantitative estimate of drug-likeness (QED) is 0.485. The fourth-order valence-corrected chi connectivity index (χ4v) is 4.07. The lowest BCUT2D eigenvalue weighted by atomic mass is 10.0. The Hall–Kier alpha value is -1.43. The smallest absolute Gasteiger partial charge is 0.102 e. The van der Waals surface area contributed by atoms with Crippen molar-refractivity contribution in [3.05, 3.63) is 59.5 Å². The highest BCUT2D eigenvalue weighted by atomic mass is 35.5. The minimum atomic E-state index is -0.598. The number of fused-ring (bicyclic) bond motifs is 1. The number of ether oxygens (including phenoxy) is 1. The van der Waals surface area contributed by atoms with Crippen LogP contribution >= 0.6 is 23.7 Å². The number of nitrogens with zero attached hydrogens (tertiary/aromatic N) is 1. The third kappa shape index (κ3) is 5.53. The summed E-state index contributed by atoms with van der Waals surface area (Å²) in [6, 6.07) is 16.6. The van der Waals surface area contributed by atoms with Crippen LogP contribution < -0.4 is 0 Å². The molecule has 1 N–H and O–H groups in total. The summed E-state index contributed by atoms with van der Waals surface area (Å²) in [5.74, 6) is 0. The summed E-state index contributed by atoms with van der Waals surface area (Å²) in [4.78, 5) is 2.32. The summed E-state index contributed by atoms with van der Waals surface area (Å²) in [5.41, 5.74) is 3.35. The molecule has 0 amide bonds. The summed E-state index contributed by atoms with van der Waals surface area (Å²) in [6.45, 7) is 8.24. The number of likely N-dealkylation sites (N-methyl/N-ethyl adjacent to an activating group) is 1. The van der Waals surface area contributed by atoms with Crippen LogP contribution in [-0.2, 0) is 4.74 Å². The van der Waals surface area contributed by atoms with Gasteiger partial charge in [0.2, 0.25) is 0 Å². The maximum Gasteiger partial charge on any atom is 0.102 e. The predicted molar refractivity (Wildman–Crippen MR) is 118 cm³/mol. The summed E-state index contributed by atoms with van der Waals surface area (Å²) >= 11 is 1.74. The molecule has 0 saturated heterocycles. The third-order valence-corrected chi connectivity index (χ3v) is 5.75. The Labute approximate surface area is 172 Å². The van der Waals surface area contributed by atoms with Gasteiger partial charge in [0.15, 0.2) is 0 Å². The average molecular weight is 406 g/mol. The molecule has 1 aromatic heterocycles. The van der Waals surface area contributed by atoms with Crippen molar-refractivity contribution in [3.8, 4) is 11.1 Å². The largest absolute Gasteiger partial charge is 0.386 e. The van der Waals surface area contributed by atoms with Crippen LogP contribution in [0.3, 0.4) is 0 Å². The van der Waals surface area contributed by atoms with E-state index in [0.29, 0.717) is 13.2 Å². The van der Waals surface area contributed by atoms with Crippen molar-refractivity contribution in [2.45, 2.75) is 20.0 Å². The molecule has 0 aliphatic heterocycles. The number of benzene rings is 2. The molecule has 1 unspecified atom stereocenters. The van der Waals surface area contributed by atoms with Crippen molar-refractivity contribution < 1.29 is 9.84 Å². The summed E-state index contributed by atoms with van der Waals surface area (Å²) < 4.78 is 6.94. The monoisotopic (exact) mass is 405 g/mol. The molecule has 3 aromatic rings. The van der Waals surface area contributed by atoms with Gasteiger partial charge in [0.25, 0.3) is 0 Å². The van der Waals surface area contributed by atoms with Gasteiger partial charge in [0, 0.05) is 22.2 Å². The predicted octanol–water partition coefficient (Wildman–Crippen LogP) is 5.38. The zero-order valence-electron chi connectivity index (χ0n) is 15.9. The first-order valence-electron chi connectivity index (χ1n) is 9.27. The first-order valence-corrected chi connectivity index (χ1v) is 10.2. The lowest BCUT2D eigenvalue weighted by Crippen LogP contribution is -2.27. The van der Waals surface area contributed by atoms with Crippen molar-refractivity contribution >= 4 is 33.8 Å². The number of aliphatic hydroxyl groups excluding tert-OH is 1. The van der Waals surface area contributed by atoms with Crippen LogP contribution in [0.5, 0.6) is 0 Å². The Kier molecular flexibility index (Phi) is 8.74. The molecular formula is C22H28ClNO2S. The maximum absolute atomic E-state index is 10.5. The molecule has 0 saturated carbocycles. The Morgan fingerprint density at radius 3 is 2.52 bits per heavy atom. The summed E-state index contributed by atoms with van der Waals surface area (Å²) in [6.07, 6.45) is -0.598. The van der Waals surface area contributed by atoms with Crippen molar-refractivity contribution in [1.29, 1.82) is 0 Å². The molecule has 0 aliphatic carbocycles. The van der Waals surface area contributed by atoms with E-state index in [4.69, 9.17) is 4.74 Å². The van der Waals surface area contributed by atoms with Gasteiger partial charge >= 0.3 is 0 Å². The van der Waals surface area contributed by atoms with Crippen LogP contribution in [0.4, 0.5) is 0 Å². The van der Waals surface area contributed by atoms with Crippen LogP contribution in [0, 0.1) is 0 Å². The van der Waals surface area contributed by atoms with E-state index in [9.17, 15) is 5.11 Å². The third-order valence-electron chi connectivity index (χ3n) is 4.79. The number of rotatable bonds is 9. The molecule has 3 rings (SSSR count). The first kappa shape index (κ1) is 21.9. The maximum atomic E-state index is 10.5. The number of hydrogen-bond acceptors (Lipinski definition) is 4. The SMILES string of the molecule is CCN(CC)CCOCC(O)c1ccc2scc(-c3ccccc3)c2c1.Cl. The van der Waals surface area contributed by atoms with Gasteiger partial charge in [0.1, 0.15) is 6.10 Å². The van der Waals surface area contributed by atoms with Gasteiger partial charge in [-0.1, -0.05) is 50.2 Å². The minimum Gasteiger partial charge on any atom is -0.386 e. The van der Waals surface area contributed by atoms with E-state index in [-0.39, 0.29) is 12.4 Å². The Morgan fingerprint density at radius 2 is 1.81 bits per heavy atom. The van der Waals surface area contributed by atoms with Gasteiger partial charge in [-0.2, -0.15) is 0 Å². The highest BCUT2D eigenvalue weighted by Gasteiger charge is 2.12. The van der Waals surface area contributed by atoms with E-state index in [1.54, 1.807) is 11.3 Å². The Balaban J connectivity index is 0.00000261. The van der Waals surface area contributed by atoms with Crippen LogP contribution in [0.25, 0.3) is 21.2 Å². The average Bonchev–Trinajstić information content (AvgIpc) is 3.12. The zero-order valence-corrected chi connectivity index (χ0v) is 17.6. The van der Waals surface area contributed by atoms with Crippen LogP contribution in [0.2, 0.25) is 0 Å². The molecule has 1 atom stereocenters. The van der Waals surface area contributed by atoms with E-state index in [1.165, 1.54) is 21.2 Å². The van der Waals surface area contributed by atoms with Crippen LogP contribution in [0.15, 0.2) is 53.9 Å². The van der Waals surface area contributed by atoms with Crippen molar-refractivity contribution in [1.82, 2.24) is 4.90 Å². The Bertz CT molecular complexity index is 818. The Morgan fingerprint density at radius 1 is 1.07 bits per heavy atom. The number of hydrogen-bond donors (Lipinski definition) is 1. The lowest BCUT2D eigenvalue weighted by Gasteiger charge is -2.18. The van der Waals surface area contributed by atoms with Crippen LogP contribution in [-0.4, -0.2) is 42.9 Å². The molecule has 27 heavy (non-hydrogen) atoms. The molecule has 5 heteroatoms. The molecule has 0 bridgehead atoms. The highest BCUT2D eigenvalue weighted by molar-refractivity contribution is 7.17. The molecule has 0 radical (unpaired) electrons. The van der Waals surface area contributed by atoms with Gasteiger partial charge in [-0.3, -0.25) is 0 Å². The van der Waals surface area contributed by atoms with E-state index < -0.39 is 6.10 Å². The number of thiophene rings is 1. The fourth-order valence-electron chi connectivity index (χ4n) is 3.12. The second-order valence-corrected chi connectivity index (χ2v) is 7.30. The molecule has 146 valence electrons. The van der Waals surface area contributed by atoms with E-state index in [2.05, 4.69) is 60.5 Å². The van der Waals surface area contributed by atoms with Gasteiger partial charge in [-0.15, -0.1) is 23.7 Å². The molecule has 3 nitrogen and oxygen atoms in total. The first-order chi connectivity index (χ1) is 12.7. The molecule has 0 fully saturated rings. The number of aliphatic hydroxyl groups is 1. The van der Waals surface area contributed by atoms with Crippen molar-refractivity contribution in [2.24, 2.45) is 0 Å².